The highest BCUT2D eigenvalue weighted by molar-refractivity contribution is 9.10. The molecule has 0 saturated heterocycles. The van der Waals surface area contributed by atoms with Crippen LogP contribution in [0.15, 0.2) is 81.2 Å². The van der Waals surface area contributed by atoms with Crippen LogP contribution in [-0.2, 0) is 0 Å². The fraction of sp³-hybridized carbons (Fsp3) is 0.0500. The van der Waals surface area contributed by atoms with Gasteiger partial charge < -0.3 is 4.57 Å². The van der Waals surface area contributed by atoms with E-state index in [1.54, 1.807) is 19.2 Å². The second kappa shape index (κ2) is 6.72. The molecule has 0 fully saturated rings. The zero-order chi connectivity index (χ0) is 18.1. The van der Waals surface area contributed by atoms with E-state index in [0.29, 0.717) is 16.7 Å². The Labute approximate surface area is 158 Å². The lowest BCUT2D eigenvalue weighted by atomic mass is 10.2. The van der Waals surface area contributed by atoms with Gasteiger partial charge >= 0.3 is 0 Å². The summed E-state index contributed by atoms with van der Waals surface area (Å²) < 4.78 is 4.17. The summed E-state index contributed by atoms with van der Waals surface area (Å²) in [5, 5.41) is 4.92. The van der Waals surface area contributed by atoms with Gasteiger partial charge in [0.2, 0.25) is 0 Å². The fourth-order valence-corrected chi connectivity index (χ4v) is 3.20. The van der Waals surface area contributed by atoms with Crippen LogP contribution in [0.25, 0.3) is 16.6 Å². The predicted octanol–water partition coefficient (Wildman–Crippen LogP) is 4.14. The summed E-state index contributed by atoms with van der Waals surface area (Å²) in [4.78, 5) is 17.3. The van der Waals surface area contributed by atoms with Crippen molar-refractivity contribution in [1.82, 2.24) is 14.2 Å². The van der Waals surface area contributed by atoms with Gasteiger partial charge in [-0.25, -0.2) is 4.98 Å². The normalized spacial score (nSPS) is 11.5. The van der Waals surface area contributed by atoms with Crippen molar-refractivity contribution >= 4 is 33.0 Å². The van der Waals surface area contributed by atoms with Crippen LogP contribution in [0, 0.1) is 6.92 Å². The fourth-order valence-electron chi connectivity index (χ4n) is 2.84. The zero-order valence-corrected chi connectivity index (χ0v) is 15.6. The first-order valence-electron chi connectivity index (χ1n) is 8.09. The molecule has 0 aliphatic rings. The number of hydrogen-bond acceptors (Lipinski definition) is 3. The van der Waals surface area contributed by atoms with Gasteiger partial charge in [-0.2, -0.15) is 9.78 Å². The molecule has 128 valence electrons. The highest BCUT2D eigenvalue weighted by atomic mass is 79.9. The standard InChI is InChI=1S/C20H15BrN4O/c1-14-23-19-10-9-15(21)12-18(19)20(26)25(14)22-13-17-8-5-11-24(17)16-6-3-2-4-7-16/h2-13H,1H3. The van der Waals surface area contributed by atoms with E-state index in [4.69, 9.17) is 0 Å². The number of aromatic nitrogens is 3. The summed E-state index contributed by atoms with van der Waals surface area (Å²) >= 11 is 3.40. The number of fused-ring (bicyclic) bond motifs is 1. The number of hydrogen-bond donors (Lipinski definition) is 0. The maximum absolute atomic E-state index is 12.8. The Morgan fingerprint density at radius 2 is 1.88 bits per heavy atom. The molecule has 4 rings (SSSR count). The van der Waals surface area contributed by atoms with Crippen molar-refractivity contribution in [3.05, 3.63) is 93.2 Å². The molecule has 0 N–H and O–H groups in total. The van der Waals surface area contributed by atoms with Crippen LogP contribution in [-0.4, -0.2) is 20.4 Å². The Morgan fingerprint density at radius 3 is 2.69 bits per heavy atom. The van der Waals surface area contributed by atoms with Crippen LogP contribution in [0.5, 0.6) is 0 Å². The molecule has 0 aliphatic carbocycles. The van der Waals surface area contributed by atoms with Crippen molar-refractivity contribution in [1.29, 1.82) is 0 Å². The Bertz CT molecular complexity index is 1180. The van der Waals surface area contributed by atoms with E-state index in [1.165, 1.54) is 4.68 Å². The summed E-state index contributed by atoms with van der Waals surface area (Å²) in [7, 11) is 0. The molecule has 0 radical (unpaired) electrons. The van der Waals surface area contributed by atoms with E-state index in [0.717, 1.165) is 15.9 Å². The van der Waals surface area contributed by atoms with E-state index >= 15 is 0 Å². The molecule has 0 unspecified atom stereocenters. The smallest absolute Gasteiger partial charge is 0.282 e. The topological polar surface area (TPSA) is 52.2 Å². The third-order valence-electron chi connectivity index (χ3n) is 4.09. The minimum atomic E-state index is -0.192. The van der Waals surface area contributed by atoms with Gasteiger partial charge in [-0.05, 0) is 49.4 Å². The molecule has 2 aromatic carbocycles. The maximum Gasteiger partial charge on any atom is 0.282 e. The average molecular weight is 407 g/mol. The van der Waals surface area contributed by atoms with Gasteiger partial charge in [-0.15, -0.1) is 0 Å². The number of halogens is 1. The number of para-hydroxylation sites is 1. The van der Waals surface area contributed by atoms with Crippen LogP contribution in [0.4, 0.5) is 0 Å². The van der Waals surface area contributed by atoms with Crippen molar-refractivity contribution in [3.8, 4) is 5.69 Å². The molecule has 5 nitrogen and oxygen atoms in total. The SMILES string of the molecule is Cc1nc2ccc(Br)cc2c(=O)n1N=Cc1cccn1-c1ccccc1. The zero-order valence-electron chi connectivity index (χ0n) is 14.0. The quantitative estimate of drug-likeness (QED) is 0.480. The van der Waals surface area contributed by atoms with Crippen molar-refractivity contribution in [2.24, 2.45) is 5.10 Å². The lowest BCUT2D eigenvalue weighted by Gasteiger charge is -2.07. The van der Waals surface area contributed by atoms with E-state index in [-0.39, 0.29) is 5.56 Å². The number of rotatable bonds is 3. The van der Waals surface area contributed by atoms with Crippen molar-refractivity contribution in [2.75, 3.05) is 0 Å². The molecule has 0 aliphatic heterocycles. The van der Waals surface area contributed by atoms with Crippen molar-refractivity contribution < 1.29 is 0 Å². The Morgan fingerprint density at radius 1 is 1.08 bits per heavy atom. The largest absolute Gasteiger partial charge is 0.316 e. The molecule has 4 aromatic rings. The predicted molar refractivity (Wildman–Crippen MR) is 107 cm³/mol. The third kappa shape index (κ3) is 2.99. The van der Waals surface area contributed by atoms with Crippen molar-refractivity contribution in [3.63, 3.8) is 0 Å². The van der Waals surface area contributed by atoms with Gasteiger partial charge in [0.05, 0.1) is 22.8 Å². The molecule has 0 amide bonds. The number of nitrogens with zero attached hydrogens (tertiary/aromatic N) is 4. The monoisotopic (exact) mass is 406 g/mol. The van der Waals surface area contributed by atoms with Gasteiger partial charge in [0.1, 0.15) is 5.82 Å². The first kappa shape index (κ1) is 16.5. The van der Waals surface area contributed by atoms with E-state index in [9.17, 15) is 4.79 Å². The first-order valence-corrected chi connectivity index (χ1v) is 8.89. The van der Waals surface area contributed by atoms with Gasteiger partial charge in [0.15, 0.2) is 0 Å². The molecule has 2 heterocycles. The Kier molecular flexibility index (Phi) is 4.26. The molecule has 26 heavy (non-hydrogen) atoms. The minimum absolute atomic E-state index is 0.192. The van der Waals surface area contributed by atoms with Crippen LogP contribution >= 0.6 is 15.9 Å². The summed E-state index contributed by atoms with van der Waals surface area (Å²) in [6.07, 6.45) is 3.63. The Balaban J connectivity index is 1.79. The molecule has 0 bridgehead atoms. The second-order valence-corrected chi connectivity index (χ2v) is 6.74. The summed E-state index contributed by atoms with van der Waals surface area (Å²) in [6, 6.07) is 19.3. The average Bonchev–Trinajstić information content (AvgIpc) is 3.12. The van der Waals surface area contributed by atoms with Gasteiger partial charge in [-0.1, -0.05) is 34.1 Å². The maximum atomic E-state index is 12.8. The number of aryl methyl sites for hydroxylation is 1. The van der Waals surface area contributed by atoms with Gasteiger partial charge in [0, 0.05) is 16.4 Å². The Hall–Kier alpha value is -2.99. The van der Waals surface area contributed by atoms with Crippen LogP contribution in [0.2, 0.25) is 0 Å². The van der Waals surface area contributed by atoms with Crippen LogP contribution < -0.4 is 5.56 Å². The van der Waals surface area contributed by atoms with E-state index in [1.807, 2.05) is 65.4 Å². The van der Waals surface area contributed by atoms with Gasteiger partial charge in [0.25, 0.3) is 5.56 Å². The molecular formula is C20H15BrN4O. The minimum Gasteiger partial charge on any atom is -0.316 e. The molecule has 0 saturated carbocycles. The van der Waals surface area contributed by atoms with E-state index < -0.39 is 0 Å². The van der Waals surface area contributed by atoms with Crippen LogP contribution in [0.1, 0.15) is 11.5 Å². The second-order valence-electron chi connectivity index (χ2n) is 5.82. The summed E-state index contributed by atoms with van der Waals surface area (Å²) in [6.45, 7) is 1.77. The summed E-state index contributed by atoms with van der Waals surface area (Å²) in [5.74, 6) is 0.541. The number of benzene rings is 2. The molecule has 0 atom stereocenters. The first-order chi connectivity index (χ1) is 12.6. The lowest BCUT2D eigenvalue weighted by molar-refractivity contribution is 0.770. The highest BCUT2D eigenvalue weighted by Crippen LogP contribution is 2.16. The molecule has 6 heteroatoms. The lowest BCUT2D eigenvalue weighted by Crippen LogP contribution is -2.20. The highest BCUT2D eigenvalue weighted by Gasteiger charge is 2.08. The van der Waals surface area contributed by atoms with Crippen molar-refractivity contribution in [2.45, 2.75) is 6.92 Å². The summed E-state index contributed by atoms with van der Waals surface area (Å²) in [5.41, 5.74) is 2.37. The van der Waals surface area contributed by atoms with E-state index in [2.05, 4.69) is 26.0 Å². The molecular weight excluding hydrogens is 392 g/mol. The van der Waals surface area contributed by atoms with Crippen LogP contribution in [0.3, 0.4) is 0 Å². The molecule has 0 spiro atoms. The van der Waals surface area contributed by atoms with Gasteiger partial charge in [-0.3, -0.25) is 4.79 Å². The molecule has 2 aromatic heterocycles. The third-order valence-corrected chi connectivity index (χ3v) is 4.58.